The standard InChI is InChI=1S/C18H26N2O3.BrH/c1-4-23-18(22)15-8-10-16(11-9-15)19-17(21)14(2)20(3)12-6-5-7-13-20;/h8-11,14H,4-7,12-13H2,1-3H3;1H. The molecule has 0 aliphatic carbocycles. The van der Waals surface area contributed by atoms with E-state index in [1.807, 2.05) is 6.92 Å². The molecule has 1 aliphatic heterocycles. The van der Waals surface area contributed by atoms with E-state index in [2.05, 4.69) is 12.4 Å². The molecule has 1 heterocycles. The molecular weight excluding hydrogens is 372 g/mol. The van der Waals surface area contributed by atoms with Crippen LogP contribution in [0.15, 0.2) is 24.3 Å². The van der Waals surface area contributed by atoms with Crippen LogP contribution in [0.2, 0.25) is 0 Å². The largest absolute Gasteiger partial charge is 1.00 e. The minimum atomic E-state index is -0.342. The number of amides is 1. The number of esters is 1. The van der Waals surface area contributed by atoms with Crippen molar-refractivity contribution in [3.8, 4) is 0 Å². The average Bonchev–Trinajstić information content (AvgIpc) is 2.55. The lowest BCUT2D eigenvalue weighted by molar-refractivity contribution is -0.926. The van der Waals surface area contributed by atoms with E-state index in [1.165, 1.54) is 19.3 Å². The Morgan fingerprint density at radius 1 is 1.17 bits per heavy atom. The maximum atomic E-state index is 12.5. The van der Waals surface area contributed by atoms with Crippen molar-refractivity contribution in [2.75, 3.05) is 32.1 Å². The van der Waals surface area contributed by atoms with Crippen LogP contribution in [-0.2, 0) is 9.53 Å². The van der Waals surface area contributed by atoms with Gasteiger partial charge in [-0.2, -0.15) is 0 Å². The molecule has 1 fully saturated rings. The van der Waals surface area contributed by atoms with Crippen LogP contribution in [0.4, 0.5) is 5.69 Å². The number of halogens is 1. The van der Waals surface area contributed by atoms with Gasteiger partial charge in [-0.25, -0.2) is 4.79 Å². The van der Waals surface area contributed by atoms with Gasteiger partial charge in [0.25, 0.3) is 5.91 Å². The third-order valence-electron chi connectivity index (χ3n) is 4.82. The molecule has 0 saturated carbocycles. The van der Waals surface area contributed by atoms with E-state index in [1.54, 1.807) is 31.2 Å². The molecule has 134 valence electrons. The van der Waals surface area contributed by atoms with E-state index >= 15 is 0 Å². The SMILES string of the molecule is CCOC(=O)c1ccc(NC(=O)C(C)[N+]2(C)CCCCC2)cc1.[Br-]. The Labute approximate surface area is 154 Å². The van der Waals surface area contributed by atoms with E-state index < -0.39 is 0 Å². The molecule has 0 radical (unpaired) electrons. The zero-order valence-electron chi connectivity index (χ0n) is 14.7. The molecule has 2 rings (SSSR count). The number of likely N-dealkylation sites (tertiary alicyclic amines) is 1. The molecule has 0 bridgehead atoms. The Balaban J connectivity index is 0.00000288. The van der Waals surface area contributed by atoms with Crippen LogP contribution in [0.25, 0.3) is 0 Å². The van der Waals surface area contributed by atoms with Crippen molar-refractivity contribution < 1.29 is 35.8 Å². The van der Waals surface area contributed by atoms with Crippen molar-refractivity contribution in [3.63, 3.8) is 0 Å². The van der Waals surface area contributed by atoms with E-state index in [-0.39, 0.29) is 34.9 Å². The number of nitrogens with one attached hydrogen (secondary N) is 1. The first kappa shape index (κ1) is 20.6. The lowest BCUT2D eigenvalue weighted by atomic mass is 10.0. The number of nitrogens with zero attached hydrogens (tertiary/aromatic N) is 1. The fraction of sp³-hybridized carbons (Fsp3) is 0.556. The Bertz CT molecular complexity index is 554. The summed E-state index contributed by atoms with van der Waals surface area (Å²) in [5, 5.41) is 2.96. The number of hydrogen-bond donors (Lipinski definition) is 1. The number of rotatable bonds is 5. The van der Waals surface area contributed by atoms with Gasteiger partial charge in [-0.1, -0.05) is 0 Å². The summed E-state index contributed by atoms with van der Waals surface area (Å²) in [6.45, 7) is 6.23. The van der Waals surface area contributed by atoms with Gasteiger partial charge in [-0.15, -0.1) is 0 Å². The molecule has 5 nitrogen and oxygen atoms in total. The monoisotopic (exact) mass is 398 g/mol. The highest BCUT2D eigenvalue weighted by Crippen LogP contribution is 2.21. The molecule has 1 atom stereocenters. The summed E-state index contributed by atoms with van der Waals surface area (Å²) in [4.78, 5) is 24.1. The van der Waals surface area contributed by atoms with E-state index in [0.29, 0.717) is 17.9 Å². The summed E-state index contributed by atoms with van der Waals surface area (Å²) in [5.74, 6) is -0.316. The van der Waals surface area contributed by atoms with Crippen LogP contribution < -0.4 is 22.3 Å². The Hall–Kier alpha value is -1.40. The van der Waals surface area contributed by atoms with Crippen molar-refractivity contribution in [1.82, 2.24) is 0 Å². The second-order valence-electron chi connectivity index (χ2n) is 6.45. The number of ether oxygens (including phenoxy) is 1. The molecule has 0 aromatic heterocycles. The van der Waals surface area contributed by atoms with E-state index in [9.17, 15) is 9.59 Å². The van der Waals surface area contributed by atoms with E-state index in [4.69, 9.17) is 4.74 Å². The van der Waals surface area contributed by atoms with Gasteiger partial charge in [0.1, 0.15) is 0 Å². The highest BCUT2D eigenvalue weighted by atomic mass is 79.9. The van der Waals surface area contributed by atoms with Gasteiger partial charge in [0, 0.05) is 5.69 Å². The van der Waals surface area contributed by atoms with Gasteiger partial charge in [0.15, 0.2) is 6.04 Å². The number of carbonyl (C=O) groups is 2. The lowest BCUT2D eigenvalue weighted by Gasteiger charge is -2.41. The molecule has 1 amide bonds. The first-order chi connectivity index (χ1) is 11.0. The summed E-state index contributed by atoms with van der Waals surface area (Å²) < 4.78 is 5.75. The summed E-state index contributed by atoms with van der Waals surface area (Å²) in [6.07, 6.45) is 3.63. The number of hydrogen-bond acceptors (Lipinski definition) is 3. The van der Waals surface area contributed by atoms with Gasteiger partial charge in [-0.05, 0) is 57.4 Å². The molecule has 1 aromatic carbocycles. The predicted octanol–water partition coefficient (Wildman–Crippen LogP) is -0.175. The van der Waals surface area contributed by atoms with Crippen LogP contribution >= 0.6 is 0 Å². The predicted molar refractivity (Wildman–Crippen MR) is 90.3 cm³/mol. The van der Waals surface area contributed by atoms with Crippen molar-refractivity contribution in [3.05, 3.63) is 29.8 Å². The fourth-order valence-corrected chi connectivity index (χ4v) is 3.06. The number of quaternary nitrogens is 1. The topological polar surface area (TPSA) is 55.4 Å². The Kier molecular flexibility index (Phi) is 7.90. The third kappa shape index (κ3) is 5.05. The maximum Gasteiger partial charge on any atom is 0.338 e. The summed E-state index contributed by atoms with van der Waals surface area (Å²) in [7, 11) is 2.16. The Morgan fingerprint density at radius 2 is 1.75 bits per heavy atom. The van der Waals surface area contributed by atoms with Gasteiger partial charge in [-0.3, -0.25) is 4.79 Å². The quantitative estimate of drug-likeness (QED) is 0.553. The molecule has 1 N–H and O–H groups in total. The third-order valence-corrected chi connectivity index (χ3v) is 4.82. The molecule has 0 spiro atoms. The molecule has 1 unspecified atom stereocenters. The smallest absolute Gasteiger partial charge is 0.338 e. The zero-order chi connectivity index (χ0) is 16.9. The van der Waals surface area contributed by atoms with Crippen LogP contribution in [0.1, 0.15) is 43.5 Å². The first-order valence-corrected chi connectivity index (χ1v) is 8.38. The van der Waals surface area contributed by atoms with Crippen LogP contribution in [-0.4, -0.2) is 49.1 Å². The van der Waals surface area contributed by atoms with Crippen molar-refractivity contribution in [2.45, 2.75) is 39.2 Å². The summed E-state index contributed by atoms with van der Waals surface area (Å²) >= 11 is 0. The van der Waals surface area contributed by atoms with Gasteiger partial charge < -0.3 is 31.5 Å². The molecule has 1 saturated heterocycles. The van der Waals surface area contributed by atoms with Crippen LogP contribution in [0, 0.1) is 0 Å². The fourth-order valence-electron chi connectivity index (χ4n) is 3.06. The van der Waals surface area contributed by atoms with Gasteiger partial charge >= 0.3 is 5.97 Å². The number of carbonyl (C=O) groups excluding carboxylic acids is 2. The average molecular weight is 399 g/mol. The van der Waals surface area contributed by atoms with Crippen molar-refractivity contribution in [2.24, 2.45) is 0 Å². The zero-order valence-corrected chi connectivity index (χ0v) is 16.3. The van der Waals surface area contributed by atoms with Crippen molar-refractivity contribution >= 4 is 17.6 Å². The van der Waals surface area contributed by atoms with Gasteiger partial charge in [0.2, 0.25) is 0 Å². The summed E-state index contributed by atoms with van der Waals surface area (Å²) in [5.41, 5.74) is 1.20. The van der Waals surface area contributed by atoms with E-state index in [0.717, 1.165) is 17.6 Å². The van der Waals surface area contributed by atoms with Gasteiger partial charge in [0.05, 0.1) is 32.3 Å². The maximum absolute atomic E-state index is 12.5. The number of likely N-dealkylation sites (N-methyl/N-ethyl adjacent to an activating group) is 1. The second kappa shape index (κ2) is 9.18. The minimum absolute atomic E-state index is 0. The number of anilines is 1. The van der Waals surface area contributed by atoms with Crippen LogP contribution in [0.5, 0.6) is 0 Å². The second-order valence-corrected chi connectivity index (χ2v) is 6.45. The molecule has 1 aliphatic rings. The molecule has 24 heavy (non-hydrogen) atoms. The highest BCUT2D eigenvalue weighted by molar-refractivity contribution is 5.95. The highest BCUT2D eigenvalue weighted by Gasteiger charge is 2.35. The van der Waals surface area contributed by atoms with Crippen molar-refractivity contribution in [1.29, 1.82) is 0 Å². The van der Waals surface area contributed by atoms with Crippen LogP contribution in [0.3, 0.4) is 0 Å². The normalized spacial score (nSPS) is 17.3. The summed E-state index contributed by atoms with van der Waals surface area (Å²) in [6, 6.07) is 6.76. The Morgan fingerprint density at radius 3 is 2.29 bits per heavy atom. The lowest BCUT2D eigenvalue weighted by Crippen LogP contribution is -3.00. The minimum Gasteiger partial charge on any atom is -1.00 e. The molecule has 6 heteroatoms. The first-order valence-electron chi connectivity index (χ1n) is 8.38. The molecular formula is C18H27BrN2O3. The molecule has 1 aromatic rings. The number of piperidine rings is 1. The number of benzene rings is 1.